The molecule has 0 aliphatic carbocycles. The second kappa shape index (κ2) is 4.77. The van der Waals surface area contributed by atoms with Crippen molar-refractivity contribution in [3.8, 4) is 0 Å². The normalized spacial score (nSPS) is 23.7. The van der Waals surface area contributed by atoms with Gasteiger partial charge >= 0.3 is 0 Å². The standard InChI is InChI=1S/C13H20N2/c1-11-5-3-4-6-12(11)13-7-8-14-9-10-15(13)2/h3-6,13-14H,7-10H2,1-2H3. The number of nitrogens with one attached hydrogen (secondary N) is 1. The van der Waals surface area contributed by atoms with Gasteiger partial charge in [-0.15, -0.1) is 0 Å². The van der Waals surface area contributed by atoms with E-state index in [1.807, 2.05) is 0 Å². The molecule has 1 fully saturated rings. The van der Waals surface area contributed by atoms with Gasteiger partial charge in [0.1, 0.15) is 0 Å². The Kier molecular flexibility index (Phi) is 3.39. The van der Waals surface area contributed by atoms with Crippen molar-refractivity contribution in [2.24, 2.45) is 0 Å². The molecule has 1 aliphatic heterocycles. The van der Waals surface area contributed by atoms with Gasteiger partial charge in [-0.1, -0.05) is 24.3 Å². The van der Waals surface area contributed by atoms with Crippen molar-refractivity contribution in [1.29, 1.82) is 0 Å². The molecule has 1 saturated heterocycles. The Labute approximate surface area is 92.3 Å². The predicted molar refractivity (Wildman–Crippen MR) is 64.0 cm³/mol. The minimum Gasteiger partial charge on any atom is -0.315 e. The smallest absolute Gasteiger partial charge is 0.0360 e. The summed E-state index contributed by atoms with van der Waals surface area (Å²) in [6.45, 7) is 5.59. The van der Waals surface area contributed by atoms with Crippen molar-refractivity contribution < 1.29 is 0 Å². The van der Waals surface area contributed by atoms with Crippen LogP contribution in [0.2, 0.25) is 0 Å². The van der Waals surface area contributed by atoms with Crippen molar-refractivity contribution in [2.75, 3.05) is 26.7 Å². The lowest BCUT2D eigenvalue weighted by atomic mass is 9.98. The lowest BCUT2D eigenvalue weighted by Gasteiger charge is -2.26. The fourth-order valence-electron chi connectivity index (χ4n) is 2.35. The summed E-state index contributed by atoms with van der Waals surface area (Å²) in [4.78, 5) is 2.46. The SMILES string of the molecule is Cc1ccccc1C1CCNCCN1C. The summed E-state index contributed by atoms with van der Waals surface area (Å²) in [5.74, 6) is 0. The molecule has 1 aromatic rings. The summed E-state index contributed by atoms with van der Waals surface area (Å²) in [7, 11) is 2.23. The van der Waals surface area contributed by atoms with E-state index in [2.05, 4.69) is 48.5 Å². The van der Waals surface area contributed by atoms with Crippen LogP contribution in [-0.4, -0.2) is 31.6 Å². The monoisotopic (exact) mass is 204 g/mol. The summed E-state index contributed by atoms with van der Waals surface area (Å²) in [6, 6.07) is 9.33. The molecule has 0 amide bonds. The molecule has 1 atom stereocenters. The molecule has 1 unspecified atom stereocenters. The van der Waals surface area contributed by atoms with Gasteiger partial charge < -0.3 is 5.32 Å². The maximum atomic E-state index is 3.46. The Morgan fingerprint density at radius 3 is 2.87 bits per heavy atom. The number of rotatable bonds is 1. The zero-order valence-corrected chi connectivity index (χ0v) is 9.66. The van der Waals surface area contributed by atoms with Gasteiger partial charge in [0.2, 0.25) is 0 Å². The van der Waals surface area contributed by atoms with Crippen molar-refractivity contribution in [2.45, 2.75) is 19.4 Å². The highest BCUT2D eigenvalue weighted by Crippen LogP contribution is 2.26. The van der Waals surface area contributed by atoms with Gasteiger partial charge in [0, 0.05) is 19.1 Å². The van der Waals surface area contributed by atoms with Crippen LogP contribution >= 0.6 is 0 Å². The van der Waals surface area contributed by atoms with Crippen molar-refractivity contribution in [3.63, 3.8) is 0 Å². The fourth-order valence-corrected chi connectivity index (χ4v) is 2.35. The maximum Gasteiger partial charge on any atom is 0.0360 e. The van der Waals surface area contributed by atoms with Gasteiger partial charge in [0.25, 0.3) is 0 Å². The first-order valence-electron chi connectivity index (χ1n) is 5.75. The van der Waals surface area contributed by atoms with Crippen LogP contribution in [0, 0.1) is 6.92 Å². The molecule has 0 saturated carbocycles. The van der Waals surface area contributed by atoms with Gasteiger partial charge in [-0.25, -0.2) is 0 Å². The minimum absolute atomic E-state index is 0.584. The Hall–Kier alpha value is -0.860. The third kappa shape index (κ3) is 2.39. The van der Waals surface area contributed by atoms with Gasteiger partial charge in [-0.2, -0.15) is 0 Å². The number of likely N-dealkylation sites (N-methyl/N-ethyl adjacent to an activating group) is 1. The Bertz CT molecular complexity index is 322. The highest BCUT2D eigenvalue weighted by atomic mass is 15.2. The molecule has 0 radical (unpaired) electrons. The molecule has 0 aromatic heterocycles. The number of nitrogens with zero attached hydrogens (tertiary/aromatic N) is 1. The molecule has 2 heteroatoms. The molecule has 2 rings (SSSR count). The molecule has 82 valence electrons. The summed E-state index contributed by atoms with van der Waals surface area (Å²) >= 11 is 0. The van der Waals surface area contributed by atoms with E-state index >= 15 is 0 Å². The molecular weight excluding hydrogens is 184 g/mol. The van der Waals surface area contributed by atoms with Gasteiger partial charge in [0.15, 0.2) is 0 Å². The van der Waals surface area contributed by atoms with Gasteiger partial charge in [0.05, 0.1) is 0 Å². The molecule has 15 heavy (non-hydrogen) atoms. The van der Waals surface area contributed by atoms with E-state index in [0.29, 0.717) is 6.04 Å². The zero-order valence-electron chi connectivity index (χ0n) is 9.66. The average Bonchev–Trinajstić information content (AvgIpc) is 2.44. The number of aryl methyl sites for hydroxylation is 1. The minimum atomic E-state index is 0.584. The lowest BCUT2D eigenvalue weighted by molar-refractivity contribution is 0.257. The van der Waals surface area contributed by atoms with Crippen LogP contribution in [0.4, 0.5) is 0 Å². The van der Waals surface area contributed by atoms with Crippen molar-refractivity contribution in [1.82, 2.24) is 10.2 Å². The molecule has 1 aromatic carbocycles. The van der Waals surface area contributed by atoms with Crippen molar-refractivity contribution in [3.05, 3.63) is 35.4 Å². The first-order chi connectivity index (χ1) is 7.29. The highest BCUT2D eigenvalue weighted by molar-refractivity contribution is 5.28. The Morgan fingerprint density at radius 1 is 1.27 bits per heavy atom. The summed E-state index contributed by atoms with van der Waals surface area (Å²) < 4.78 is 0. The summed E-state index contributed by atoms with van der Waals surface area (Å²) in [5.41, 5.74) is 2.90. The van der Waals surface area contributed by atoms with Crippen LogP contribution in [0.25, 0.3) is 0 Å². The first kappa shape index (κ1) is 10.7. The molecule has 1 aliphatic rings. The van der Waals surface area contributed by atoms with Crippen LogP contribution < -0.4 is 5.32 Å². The predicted octanol–water partition coefficient (Wildman–Crippen LogP) is 1.96. The van der Waals surface area contributed by atoms with E-state index in [4.69, 9.17) is 0 Å². The number of hydrogen-bond donors (Lipinski definition) is 1. The van der Waals surface area contributed by atoms with E-state index in [1.54, 1.807) is 0 Å². The second-order valence-electron chi connectivity index (χ2n) is 4.39. The average molecular weight is 204 g/mol. The third-order valence-corrected chi connectivity index (χ3v) is 3.32. The summed E-state index contributed by atoms with van der Waals surface area (Å²) in [5, 5.41) is 3.46. The van der Waals surface area contributed by atoms with Crippen LogP contribution in [-0.2, 0) is 0 Å². The van der Waals surface area contributed by atoms with E-state index in [9.17, 15) is 0 Å². The molecule has 0 spiro atoms. The van der Waals surface area contributed by atoms with Gasteiger partial charge in [-0.05, 0) is 38.1 Å². The fraction of sp³-hybridized carbons (Fsp3) is 0.538. The topological polar surface area (TPSA) is 15.3 Å². The third-order valence-electron chi connectivity index (χ3n) is 3.32. The largest absolute Gasteiger partial charge is 0.315 e. The Morgan fingerprint density at radius 2 is 2.07 bits per heavy atom. The van der Waals surface area contributed by atoms with E-state index in [-0.39, 0.29) is 0 Å². The van der Waals surface area contributed by atoms with Gasteiger partial charge in [-0.3, -0.25) is 4.90 Å². The van der Waals surface area contributed by atoms with Crippen LogP contribution in [0.1, 0.15) is 23.6 Å². The first-order valence-corrected chi connectivity index (χ1v) is 5.75. The Balaban J connectivity index is 2.24. The van der Waals surface area contributed by atoms with Crippen LogP contribution in [0.15, 0.2) is 24.3 Å². The molecule has 1 N–H and O–H groups in total. The molecule has 2 nitrogen and oxygen atoms in total. The van der Waals surface area contributed by atoms with Crippen LogP contribution in [0.5, 0.6) is 0 Å². The molecular formula is C13H20N2. The second-order valence-corrected chi connectivity index (χ2v) is 4.39. The maximum absolute atomic E-state index is 3.46. The number of benzene rings is 1. The number of hydrogen-bond acceptors (Lipinski definition) is 2. The quantitative estimate of drug-likeness (QED) is 0.752. The molecule has 0 bridgehead atoms. The van der Waals surface area contributed by atoms with Crippen LogP contribution in [0.3, 0.4) is 0 Å². The highest BCUT2D eigenvalue weighted by Gasteiger charge is 2.19. The molecule has 1 heterocycles. The van der Waals surface area contributed by atoms with Crippen molar-refractivity contribution >= 4 is 0 Å². The van der Waals surface area contributed by atoms with E-state index < -0.39 is 0 Å². The van der Waals surface area contributed by atoms with E-state index in [0.717, 1.165) is 19.6 Å². The van der Waals surface area contributed by atoms with E-state index in [1.165, 1.54) is 17.5 Å². The lowest BCUT2D eigenvalue weighted by Crippen LogP contribution is -2.27. The summed E-state index contributed by atoms with van der Waals surface area (Å²) in [6.07, 6.45) is 1.21. The zero-order chi connectivity index (χ0) is 10.7.